The molecular formula is C20H18O5. The van der Waals surface area contributed by atoms with Gasteiger partial charge in [0, 0.05) is 11.6 Å². The summed E-state index contributed by atoms with van der Waals surface area (Å²) in [6.07, 6.45) is 1.58. The number of para-hydroxylation sites is 1. The standard InChI is InChI=1S/C20H18O5/c1-12(2)20(22)25-16-7-5-4-6-13(16)10-18-19(21)15-9-8-14(23-3)11-17(15)24-18/h4-12H,1-3H3/b18-10-. The van der Waals surface area contributed by atoms with Gasteiger partial charge >= 0.3 is 5.97 Å². The number of allylic oxidation sites excluding steroid dienone is 1. The SMILES string of the molecule is COc1ccc2c(c1)O/C(=C\c1ccccc1OC(=O)C(C)C)C2=O. The summed E-state index contributed by atoms with van der Waals surface area (Å²) in [6, 6.07) is 12.1. The summed E-state index contributed by atoms with van der Waals surface area (Å²) in [5.41, 5.74) is 1.07. The maximum absolute atomic E-state index is 12.5. The highest BCUT2D eigenvalue weighted by atomic mass is 16.5. The first kappa shape index (κ1) is 16.8. The molecule has 0 N–H and O–H groups in total. The monoisotopic (exact) mass is 338 g/mol. The zero-order chi connectivity index (χ0) is 18.0. The van der Waals surface area contributed by atoms with Gasteiger partial charge < -0.3 is 14.2 Å². The zero-order valence-electron chi connectivity index (χ0n) is 14.2. The van der Waals surface area contributed by atoms with Crippen LogP contribution in [0.5, 0.6) is 17.2 Å². The van der Waals surface area contributed by atoms with Crippen LogP contribution in [0.3, 0.4) is 0 Å². The largest absolute Gasteiger partial charge is 0.497 e. The number of ketones is 1. The number of rotatable bonds is 4. The Hall–Kier alpha value is -3.08. The number of carbonyl (C=O) groups is 2. The molecule has 3 rings (SSSR count). The van der Waals surface area contributed by atoms with Crippen molar-refractivity contribution in [3.63, 3.8) is 0 Å². The molecule has 0 unspecified atom stereocenters. The van der Waals surface area contributed by atoms with Crippen molar-refractivity contribution in [2.45, 2.75) is 13.8 Å². The molecular weight excluding hydrogens is 320 g/mol. The summed E-state index contributed by atoms with van der Waals surface area (Å²) in [5.74, 6) is 0.822. The minimum absolute atomic E-state index is 0.177. The minimum Gasteiger partial charge on any atom is -0.497 e. The number of fused-ring (bicyclic) bond motifs is 1. The quantitative estimate of drug-likeness (QED) is 0.481. The van der Waals surface area contributed by atoms with Crippen LogP contribution in [0.4, 0.5) is 0 Å². The molecule has 0 radical (unpaired) electrons. The lowest BCUT2D eigenvalue weighted by Crippen LogP contribution is -2.15. The Balaban J connectivity index is 1.92. The summed E-state index contributed by atoms with van der Waals surface area (Å²) in [5, 5.41) is 0. The number of esters is 1. The van der Waals surface area contributed by atoms with Crippen LogP contribution >= 0.6 is 0 Å². The number of ether oxygens (including phenoxy) is 3. The summed E-state index contributed by atoms with van der Waals surface area (Å²) in [7, 11) is 1.55. The number of Topliss-reactive ketones (excluding diaryl/α,β-unsaturated/α-hetero) is 1. The Kier molecular flexibility index (Phi) is 4.57. The molecule has 0 aromatic heterocycles. The molecule has 0 atom stereocenters. The molecule has 0 saturated carbocycles. The predicted octanol–water partition coefficient (Wildman–Crippen LogP) is 3.87. The van der Waals surface area contributed by atoms with E-state index in [2.05, 4.69) is 0 Å². The Bertz CT molecular complexity index is 864. The van der Waals surface area contributed by atoms with Crippen LogP contribution in [0, 0.1) is 5.92 Å². The Morgan fingerprint density at radius 1 is 1.16 bits per heavy atom. The van der Waals surface area contributed by atoms with Gasteiger partial charge in [-0.1, -0.05) is 32.0 Å². The molecule has 2 aromatic carbocycles. The predicted molar refractivity (Wildman–Crippen MR) is 92.8 cm³/mol. The van der Waals surface area contributed by atoms with Gasteiger partial charge in [-0.25, -0.2) is 0 Å². The first-order valence-corrected chi connectivity index (χ1v) is 7.92. The van der Waals surface area contributed by atoms with Crippen LogP contribution in [-0.2, 0) is 4.79 Å². The van der Waals surface area contributed by atoms with Crippen LogP contribution in [0.15, 0.2) is 48.2 Å². The van der Waals surface area contributed by atoms with E-state index in [1.807, 2.05) is 0 Å². The van der Waals surface area contributed by atoms with Crippen molar-refractivity contribution in [1.29, 1.82) is 0 Å². The highest BCUT2D eigenvalue weighted by Crippen LogP contribution is 2.35. The number of hydrogen-bond donors (Lipinski definition) is 0. The lowest BCUT2D eigenvalue weighted by atomic mass is 10.1. The van der Waals surface area contributed by atoms with Gasteiger partial charge in [0.25, 0.3) is 0 Å². The normalized spacial score (nSPS) is 14.4. The molecule has 0 aliphatic carbocycles. The van der Waals surface area contributed by atoms with Crippen LogP contribution < -0.4 is 14.2 Å². The highest BCUT2D eigenvalue weighted by Gasteiger charge is 2.28. The van der Waals surface area contributed by atoms with Gasteiger partial charge in [0.2, 0.25) is 5.78 Å². The van der Waals surface area contributed by atoms with E-state index < -0.39 is 0 Å². The van der Waals surface area contributed by atoms with Crippen molar-refractivity contribution in [2.75, 3.05) is 7.11 Å². The molecule has 2 aromatic rings. The van der Waals surface area contributed by atoms with E-state index in [1.165, 1.54) is 0 Å². The van der Waals surface area contributed by atoms with E-state index in [0.29, 0.717) is 28.4 Å². The molecule has 0 saturated heterocycles. The third kappa shape index (κ3) is 3.40. The third-order valence-electron chi connectivity index (χ3n) is 3.76. The van der Waals surface area contributed by atoms with Crippen molar-refractivity contribution in [3.8, 4) is 17.2 Å². The summed E-state index contributed by atoms with van der Waals surface area (Å²) < 4.78 is 16.2. The Morgan fingerprint density at radius 3 is 2.64 bits per heavy atom. The second kappa shape index (κ2) is 6.81. The van der Waals surface area contributed by atoms with E-state index in [0.717, 1.165) is 0 Å². The van der Waals surface area contributed by atoms with Crippen LogP contribution in [0.2, 0.25) is 0 Å². The molecule has 1 aliphatic rings. The average Bonchev–Trinajstić information content (AvgIpc) is 2.91. The number of hydrogen-bond acceptors (Lipinski definition) is 5. The van der Waals surface area contributed by atoms with Gasteiger partial charge in [0.15, 0.2) is 5.76 Å². The van der Waals surface area contributed by atoms with Gasteiger partial charge in [-0.05, 0) is 24.3 Å². The summed E-state index contributed by atoms with van der Waals surface area (Å²) in [6.45, 7) is 3.52. The molecule has 5 heteroatoms. The lowest BCUT2D eigenvalue weighted by molar-refractivity contribution is -0.137. The second-order valence-electron chi connectivity index (χ2n) is 5.92. The molecule has 0 fully saturated rings. The fraction of sp³-hybridized carbons (Fsp3) is 0.200. The molecule has 5 nitrogen and oxygen atoms in total. The summed E-state index contributed by atoms with van der Waals surface area (Å²) >= 11 is 0. The van der Waals surface area contributed by atoms with Crippen molar-refractivity contribution >= 4 is 17.8 Å². The van der Waals surface area contributed by atoms with Gasteiger partial charge in [-0.2, -0.15) is 0 Å². The molecule has 0 amide bonds. The fourth-order valence-corrected chi connectivity index (χ4v) is 2.35. The maximum atomic E-state index is 12.5. The van der Waals surface area contributed by atoms with E-state index >= 15 is 0 Å². The van der Waals surface area contributed by atoms with Gasteiger partial charge in [0.1, 0.15) is 17.2 Å². The molecule has 1 heterocycles. The molecule has 1 aliphatic heterocycles. The molecule has 0 bridgehead atoms. The zero-order valence-corrected chi connectivity index (χ0v) is 14.2. The van der Waals surface area contributed by atoms with E-state index in [-0.39, 0.29) is 23.4 Å². The smallest absolute Gasteiger partial charge is 0.313 e. The molecule has 25 heavy (non-hydrogen) atoms. The summed E-state index contributed by atoms with van der Waals surface area (Å²) in [4.78, 5) is 24.4. The van der Waals surface area contributed by atoms with Crippen molar-refractivity contribution in [3.05, 3.63) is 59.4 Å². The highest BCUT2D eigenvalue weighted by molar-refractivity contribution is 6.14. The van der Waals surface area contributed by atoms with Gasteiger partial charge in [-0.3, -0.25) is 9.59 Å². The molecule has 0 spiro atoms. The van der Waals surface area contributed by atoms with Crippen molar-refractivity contribution in [1.82, 2.24) is 0 Å². The lowest BCUT2D eigenvalue weighted by Gasteiger charge is -2.09. The van der Waals surface area contributed by atoms with Gasteiger partial charge in [0.05, 0.1) is 18.6 Å². The van der Waals surface area contributed by atoms with E-state index in [4.69, 9.17) is 14.2 Å². The average molecular weight is 338 g/mol. The number of benzene rings is 2. The van der Waals surface area contributed by atoms with Gasteiger partial charge in [-0.15, -0.1) is 0 Å². The van der Waals surface area contributed by atoms with E-state index in [1.54, 1.807) is 69.5 Å². The van der Waals surface area contributed by atoms with Crippen LogP contribution in [0.25, 0.3) is 6.08 Å². The fourth-order valence-electron chi connectivity index (χ4n) is 2.35. The Morgan fingerprint density at radius 2 is 1.92 bits per heavy atom. The first-order valence-electron chi connectivity index (χ1n) is 7.92. The first-order chi connectivity index (χ1) is 12.0. The Labute approximate surface area is 145 Å². The van der Waals surface area contributed by atoms with Crippen LogP contribution in [0.1, 0.15) is 29.8 Å². The van der Waals surface area contributed by atoms with Crippen molar-refractivity contribution < 1.29 is 23.8 Å². The minimum atomic E-state index is -0.336. The second-order valence-corrected chi connectivity index (χ2v) is 5.92. The molecule has 128 valence electrons. The van der Waals surface area contributed by atoms with E-state index in [9.17, 15) is 9.59 Å². The number of methoxy groups -OCH3 is 1. The topological polar surface area (TPSA) is 61.8 Å². The maximum Gasteiger partial charge on any atom is 0.313 e. The number of carbonyl (C=O) groups excluding carboxylic acids is 2. The third-order valence-corrected chi connectivity index (χ3v) is 3.76. The van der Waals surface area contributed by atoms with Crippen LogP contribution in [-0.4, -0.2) is 18.9 Å². The van der Waals surface area contributed by atoms with Crippen molar-refractivity contribution in [2.24, 2.45) is 5.92 Å².